The van der Waals surface area contributed by atoms with Crippen molar-refractivity contribution in [2.75, 3.05) is 10.8 Å². The number of hydrogen-bond donors (Lipinski definition) is 3. The summed E-state index contributed by atoms with van der Waals surface area (Å²) in [6, 6.07) is 10.3. The number of carboxylic acids is 1. The summed E-state index contributed by atoms with van der Waals surface area (Å²) in [5.41, 5.74) is 1.05. The second kappa shape index (κ2) is 5.53. The molecule has 1 amide bonds. The number of carbonyl (C=O) groups excluding carboxylic acids is 1. The van der Waals surface area contributed by atoms with Gasteiger partial charge in [0, 0.05) is 0 Å². The molecule has 0 bridgehead atoms. The number of anilines is 1. The highest BCUT2D eigenvalue weighted by atomic mass is 32.2. The highest BCUT2D eigenvalue weighted by Crippen LogP contribution is 2.35. The van der Waals surface area contributed by atoms with Gasteiger partial charge < -0.3 is 10.2 Å². The summed E-state index contributed by atoms with van der Waals surface area (Å²) in [5.74, 6) is -2.10. The molecule has 0 aromatic heterocycles. The van der Waals surface area contributed by atoms with Gasteiger partial charge in [-0.05, 0) is 35.4 Å². The Labute approximate surface area is 137 Å². The maximum Gasteiger partial charge on any atom is 0.335 e. The van der Waals surface area contributed by atoms with E-state index in [1.807, 2.05) is 4.72 Å². The number of aromatic hydroxyl groups is 1. The van der Waals surface area contributed by atoms with E-state index >= 15 is 0 Å². The minimum atomic E-state index is -4.05. The summed E-state index contributed by atoms with van der Waals surface area (Å²) in [7, 11) is -4.05. The Kier molecular flexibility index (Phi) is 3.64. The Balaban J connectivity index is 2.09. The lowest BCUT2D eigenvalue weighted by Gasteiger charge is -2.17. The summed E-state index contributed by atoms with van der Waals surface area (Å²) >= 11 is 0. The molecule has 9 heteroatoms. The molecular weight excluding hydrogens is 336 g/mol. The number of nitrogens with one attached hydrogen (secondary N) is 1. The molecule has 0 atom stereocenters. The third-order valence-corrected chi connectivity index (χ3v) is 4.90. The monoisotopic (exact) mass is 348 g/mol. The number of phenols is 1. The van der Waals surface area contributed by atoms with Crippen LogP contribution >= 0.6 is 0 Å². The van der Waals surface area contributed by atoms with E-state index in [-0.39, 0.29) is 17.0 Å². The lowest BCUT2D eigenvalue weighted by atomic mass is 10.0. The van der Waals surface area contributed by atoms with E-state index in [1.54, 1.807) is 12.1 Å². The molecule has 2 aromatic carbocycles. The Bertz CT molecular complexity index is 954. The number of amides is 1. The van der Waals surface area contributed by atoms with Crippen LogP contribution < -0.4 is 9.03 Å². The standard InChI is InChI=1S/C15H12N2O6S/c18-13-5-4-10(9-2-1-3-11(6-9)15(20)21)7-12(13)17-8-14(19)16-24(17,22)23/h1-7,18H,8H2,(H,16,19)(H,20,21). The minimum Gasteiger partial charge on any atom is -0.506 e. The number of aromatic carboxylic acids is 1. The number of benzene rings is 2. The highest BCUT2D eigenvalue weighted by Gasteiger charge is 2.35. The van der Waals surface area contributed by atoms with E-state index in [0.29, 0.717) is 11.1 Å². The first-order valence-electron chi connectivity index (χ1n) is 6.78. The van der Waals surface area contributed by atoms with Crippen molar-refractivity contribution in [2.45, 2.75) is 0 Å². The molecule has 1 heterocycles. The Morgan fingerprint density at radius 1 is 1.12 bits per heavy atom. The van der Waals surface area contributed by atoms with Crippen molar-refractivity contribution < 1.29 is 28.2 Å². The molecular formula is C15H12N2O6S. The van der Waals surface area contributed by atoms with Crippen LogP contribution in [0.25, 0.3) is 11.1 Å². The highest BCUT2D eigenvalue weighted by molar-refractivity contribution is 7.92. The van der Waals surface area contributed by atoms with Crippen molar-refractivity contribution in [3.05, 3.63) is 48.0 Å². The van der Waals surface area contributed by atoms with Crippen LogP contribution in [0.4, 0.5) is 5.69 Å². The summed E-state index contributed by atoms with van der Waals surface area (Å²) in [6.07, 6.45) is 0. The maximum absolute atomic E-state index is 11.9. The van der Waals surface area contributed by atoms with Gasteiger partial charge in [0.05, 0.1) is 11.3 Å². The molecule has 0 spiro atoms. The minimum absolute atomic E-state index is 0.0634. The Morgan fingerprint density at radius 3 is 2.46 bits per heavy atom. The molecule has 1 aliphatic rings. The fourth-order valence-electron chi connectivity index (χ4n) is 2.40. The van der Waals surface area contributed by atoms with Gasteiger partial charge in [-0.3, -0.25) is 4.79 Å². The quantitative estimate of drug-likeness (QED) is 0.758. The van der Waals surface area contributed by atoms with E-state index in [2.05, 4.69) is 0 Å². The van der Waals surface area contributed by atoms with Gasteiger partial charge in [-0.15, -0.1) is 0 Å². The fourth-order valence-corrected chi connectivity index (χ4v) is 3.55. The number of carboxylic acid groups (broad SMARTS) is 1. The molecule has 24 heavy (non-hydrogen) atoms. The lowest BCUT2D eigenvalue weighted by Crippen LogP contribution is -2.29. The van der Waals surface area contributed by atoms with Crippen LogP contribution in [0.1, 0.15) is 10.4 Å². The van der Waals surface area contributed by atoms with Crippen LogP contribution in [0.3, 0.4) is 0 Å². The van der Waals surface area contributed by atoms with E-state index in [9.17, 15) is 23.1 Å². The zero-order valence-corrected chi connectivity index (χ0v) is 12.9. The molecule has 1 fully saturated rings. The van der Waals surface area contributed by atoms with Crippen LogP contribution in [0.2, 0.25) is 0 Å². The number of rotatable bonds is 3. The van der Waals surface area contributed by atoms with Gasteiger partial charge in [0.25, 0.3) is 5.91 Å². The van der Waals surface area contributed by atoms with Crippen molar-refractivity contribution in [2.24, 2.45) is 0 Å². The van der Waals surface area contributed by atoms with E-state index in [0.717, 1.165) is 4.31 Å². The summed E-state index contributed by atoms with van der Waals surface area (Å²) < 4.78 is 26.4. The predicted octanol–water partition coefficient (Wildman–Crippen LogP) is 0.938. The van der Waals surface area contributed by atoms with Crippen LogP contribution in [0.15, 0.2) is 42.5 Å². The summed E-state index contributed by atoms with van der Waals surface area (Å²) in [4.78, 5) is 22.4. The van der Waals surface area contributed by atoms with E-state index in [4.69, 9.17) is 5.11 Å². The van der Waals surface area contributed by atoms with Gasteiger partial charge in [0.15, 0.2) is 0 Å². The number of hydrogen-bond acceptors (Lipinski definition) is 5. The van der Waals surface area contributed by atoms with E-state index < -0.39 is 28.6 Å². The molecule has 8 nitrogen and oxygen atoms in total. The van der Waals surface area contributed by atoms with Gasteiger partial charge in [-0.25, -0.2) is 13.8 Å². The maximum atomic E-state index is 11.9. The van der Waals surface area contributed by atoms with E-state index in [1.165, 1.54) is 30.3 Å². The van der Waals surface area contributed by atoms with Gasteiger partial charge in [-0.2, -0.15) is 8.42 Å². The molecule has 0 unspecified atom stereocenters. The van der Waals surface area contributed by atoms with Gasteiger partial charge in [0.2, 0.25) is 0 Å². The van der Waals surface area contributed by atoms with Gasteiger partial charge >= 0.3 is 16.2 Å². The third kappa shape index (κ3) is 2.76. The summed E-state index contributed by atoms with van der Waals surface area (Å²) in [5, 5.41) is 19.0. The second-order valence-electron chi connectivity index (χ2n) is 5.13. The normalized spacial score (nSPS) is 16.0. The van der Waals surface area contributed by atoms with Crippen molar-refractivity contribution in [3.8, 4) is 16.9 Å². The average molecular weight is 348 g/mol. The topological polar surface area (TPSA) is 124 Å². The molecule has 1 aliphatic heterocycles. The molecule has 1 saturated heterocycles. The zero-order chi connectivity index (χ0) is 17.5. The van der Waals surface area contributed by atoms with Crippen molar-refractivity contribution >= 4 is 27.8 Å². The molecule has 3 rings (SSSR count). The van der Waals surface area contributed by atoms with Crippen LogP contribution in [0, 0.1) is 0 Å². The van der Waals surface area contributed by atoms with Crippen LogP contribution in [-0.2, 0) is 15.0 Å². The molecule has 0 radical (unpaired) electrons. The summed E-state index contributed by atoms with van der Waals surface area (Å²) in [6.45, 7) is -0.436. The molecule has 0 aliphatic carbocycles. The second-order valence-corrected chi connectivity index (χ2v) is 6.72. The molecule has 0 saturated carbocycles. The van der Waals surface area contributed by atoms with Crippen molar-refractivity contribution in [1.29, 1.82) is 0 Å². The fraction of sp³-hybridized carbons (Fsp3) is 0.0667. The number of nitrogens with zero attached hydrogens (tertiary/aromatic N) is 1. The van der Waals surface area contributed by atoms with Crippen molar-refractivity contribution in [1.82, 2.24) is 4.72 Å². The first kappa shape index (κ1) is 15.8. The molecule has 2 aromatic rings. The van der Waals surface area contributed by atoms with Crippen LogP contribution in [0.5, 0.6) is 5.75 Å². The largest absolute Gasteiger partial charge is 0.506 e. The smallest absolute Gasteiger partial charge is 0.335 e. The predicted molar refractivity (Wildman–Crippen MR) is 84.9 cm³/mol. The average Bonchev–Trinajstić information content (AvgIpc) is 2.80. The van der Waals surface area contributed by atoms with Gasteiger partial charge in [0.1, 0.15) is 12.3 Å². The Morgan fingerprint density at radius 2 is 1.83 bits per heavy atom. The molecule has 124 valence electrons. The van der Waals surface area contributed by atoms with Crippen molar-refractivity contribution in [3.63, 3.8) is 0 Å². The number of phenolic OH excluding ortho intramolecular Hbond substituents is 1. The van der Waals surface area contributed by atoms with Crippen LogP contribution in [-0.4, -0.2) is 37.1 Å². The zero-order valence-electron chi connectivity index (χ0n) is 12.1. The molecule has 3 N–H and O–H groups in total. The first-order chi connectivity index (χ1) is 11.3. The lowest BCUT2D eigenvalue weighted by molar-refractivity contribution is -0.117. The first-order valence-corrected chi connectivity index (χ1v) is 8.22. The SMILES string of the molecule is O=C1CN(c2cc(-c3cccc(C(=O)O)c3)ccc2O)S(=O)(=O)N1. The third-order valence-electron chi connectivity index (χ3n) is 3.51. The number of carbonyl (C=O) groups is 2. The van der Waals surface area contributed by atoms with Gasteiger partial charge in [-0.1, -0.05) is 18.2 Å². The Hall–Kier alpha value is -3.07.